The van der Waals surface area contributed by atoms with Crippen molar-refractivity contribution in [2.45, 2.75) is 0 Å². The first-order chi connectivity index (χ1) is 6.49. The number of methoxy groups -OCH3 is 1. The van der Waals surface area contributed by atoms with Crippen LogP contribution in [0.4, 0.5) is 0 Å². The van der Waals surface area contributed by atoms with E-state index in [1.54, 1.807) is 21.2 Å². The first kappa shape index (κ1) is 12.0. The molecule has 0 N–H and O–H groups in total. The second-order valence-electron chi connectivity index (χ2n) is 2.75. The molecule has 0 aliphatic heterocycles. The molecule has 1 amide bonds. The number of carbonyl (C=O) groups is 1. The maximum atomic E-state index is 11.7. The van der Waals surface area contributed by atoms with Gasteiger partial charge in [0.25, 0.3) is 5.91 Å². The zero-order chi connectivity index (χ0) is 10.9. The zero-order valence-corrected chi connectivity index (χ0v) is 11.9. The smallest absolute Gasteiger partial charge is 0.267 e. The highest BCUT2D eigenvalue weighted by Crippen LogP contribution is 2.43. The van der Waals surface area contributed by atoms with E-state index >= 15 is 0 Å². The van der Waals surface area contributed by atoms with Gasteiger partial charge in [0.1, 0.15) is 4.88 Å². The van der Waals surface area contributed by atoms with E-state index in [4.69, 9.17) is 4.74 Å². The lowest BCUT2D eigenvalue weighted by molar-refractivity contribution is 0.0829. The van der Waals surface area contributed by atoms with Crippen molar-refractivity contribution in [3.63, 3.8) is 0 Å². The monoisotopic (exact) mass is 341 g/mol. The second kappa shape index (κ2) is 4.63. The lowest BCUT2D eigenvalue weighted by Gasteiger charge is -2.09. The van der Waals surface area contributed by atoms with Gasteiger partial charge >= 0.3 is 0 Å². The molecule has 78 valence electrons. The summed E-state index contributed by atoms with van der Waals surface area (Å²) in [5.41, 5.74) is 0. The predicted molar refractivity (Wildman–Crippen MR) is 64.3 cm³/mol. The van der Waals surface area contributed by atoms with Crippen molar-refractivity contribution in [1.29, 1.82) is 0 Å². The number of hydrogen-bond donors (Lipinski definition) is 0. The van der Waals surface area contributed by atoms with Gasteiger partial charge in [-0.1, -0.05) is 0 Å². The van der Waals surface area contributed by atoms with Crippen molar-refractivity contribution in [3.8, 4) is 5.75 Å². The Morgan fingerprint density at radius 2 is 2.00 bits per heavy atom. The van der Waals surface area contributed by atoms with Gasteiger partial charge < -0.3 is 9.64 Å². The lowest BCUT2D eigenvalue weighted by atomic mass is 10.4. The van der Waals surface area contributed by atoms with E-state index < -0.39 is 0 Å². The summed E-state index contributed by atoms with van der Waals surface area (Å²) in [6.07, 6.45) is 0. The van der Waals surface area contributed by atoms with Crippen LogP contribution in [0.1, 0.15) is 9.67 Å². The molecule has 0 saturated heterocycles. The van der Waals surface area contributed by atoms with E-state index in [-0.39, 0.29) is 5.91 Å². The van der Waals surface area contributed by atoms with Crippen LogP contribution < -0.4 is 4.74 Å². The molecule has 0 spiro atoms. The summed E-state index contributed by atoms with van der Waals surface area (Å²) in [5.74, 6) is 0.527. The highest BCUT2D eigenvalue weighted by atomic mass is 79.9. The summed E-state index contributed by atoms with van der Waals surface area (Å²) < 4.78 is 6.80. The molecular formula is C8H9Br2NO2S. The van der Waals surface area contributed by atoms with Crippen molar-refractivity contribution in [1.82, 2.24) is 4.90 Å². The number of hydrogen-bond acceptors (Lipinski definition) is 3. The van der Waals surface area contributed by atoms with Crippen LogP contribution in [0.5, 0.6) is 5.75 Å². The van der Waals surface area contributed by atoms with Crippen LogP contribution in [0, 0.1) is 0 Å². The molecule has 1 aromatic heterocycles. The van der Waals surface area contributed by atoms with Crippen LogP contribution in [0.2, 0.25) is 0 Å². The maximum absolute atomic E-state index is 11.7. The number of carbonyl (C=O) groups excluding carboxylic acids is 1. The van der Waals surface area contributed by atoms with Crippen LogP contribution in [0.25, 0.3) is 0 Å². The maximum Gasteiger partial charge on any atom is 0.267 e. The topological polar surface area (TPSA) is 29.5 Å². The van der Waals surface area contributed by atoms with E-state index in [0.29, 0.717) is 10.6 Å². The van der Waals surface area contributed by atoms with Crippen LogP contribution in [0.3, 0.4) is 0 Å². The number of halogens is 2. The Labute approximate surface area is 103 Å². The molecule has 0 unspecified atom stereocenters. The molecule has 1 rings (SSSR count). The fraction of sp³-hybridized carbons (Fsp3) is 0.375. The highest BCUT2D eigenvalue weighted by Gasteiger charge is 2.22. The van der Waals surface area contributed by atoms with Crippen LogP contribution in [-0.2, 0) is 0 Å². The van der Waals surface area contributed by atoms with Crippen LogP contribution in [-0.4, -0.2) is 32.0 Å². The molecule has 1 heterocycles. The van der Waals surface area contributed by atoms with Crippen molar-refractivity contribution >= 4 is 49.1 Å². The molecule has 0 radical (unpaired) electrons. The van der Waals surface area contributed by atoms with E-state index in [1.165, 1.54) is 16.2 Å². The van der Waals surface area contributed by atoms with Gasteiger partial charge in [-0.05, 0) is 31.9 Å². The van der Waals surface area contributed by atoms with Gasteiger partial charge in [0, 0.05) is 14.1 Å². The Kier molecular flexibility index (Phi) is 3.97. The van der Waals surface area contributed by atoms with E-state index in [9.17, 15) is 4.79 Å². The van der Waals surface area contributed by atoms with Crippen molar-refractivity contribution in [2.24, 2.45) is 0 Å². The van der Waals surface area contributed by atoms with Crippen molar-refractivity contribution < 1.29 is 9.53 Å². The molecule has 0 aliphatic rings. The first-order valence-corrected chi connectivity index (χ1v) is 6.12. The summed E-state index contributed by atoms with van der Waals surface area (Å²) in [6, 6.07) is 0. The van der Waals surface area contributed by atoms with Crippen molar-refractivity contribution in [2.75, 3.05) is 21.2 Å². The van der Waals surface area contributed by atoms with Gasteiger partial charge in [-0.2, -0.15) is 0 Å². The molecule has 0 bridgehead atoms. The SMILES string of the molecule is COc1c(C(=O)N(C)C)sc(Br)c1Br. The molecule has 0 aromatic carbocycles. The van der Waals surface area contributed by atoms with Crippen LogP contribution >= 0.6 is 43.2 Å². The largest absolute Gasteiger partial charge is 0.494 e. The number of ether oxygens (including phenoxy) is 1. The summed E-state index contributed by atoms with van der Waals surface area (Å²) in [6.45, 7) is 0. The molecule has 0 saturated carbocycles. The number of rotatable bonds is 2. The first-order valence-electron chi connectivity index (χ1n) is 3.72. The molecular weight excluding hydrogens is 334 g/mol. The Bertz CT molecular complexity index is 362. The Morgan fingerprint density at radius 1 is 1.43 bits per heavy atom. The van der Waals surface area contributed by atoms with Gasteiger partial charge in [0.05, 0.1) is 15.4 Å². The molecule has 0 fully saturated rings. The molecule has 0 aliphatic carbocycles. The van der Waals surface area contributed by atoms with Gasteiger partial charge in [0.2, 0.25) is 0 Å². The molecule has 6 heteroatoms. The Hall–Kier alpha value is -0.0700. The predicted octanol–water partition coefficient (Wildman–Crippen LogP) is 2.98. The fourth-order valence-corrected chi connectivity index (χ4v) is 3.21. The third-order valence-electron chi connectivity index (χ3n) is 1.57. The summed E-state index contributed by atoms with van der Waals surface area (Å²) >= 11 is 8.05. The van der Waals surface area contributed by atoms with E-state index in [2.05, 4.69) is 31.9 Å². The van der Waals surface area contributed by atoms with Gasteiger partial charge in [-0.25, -0.2) is 0 Å². The van der Waals surface area contributed by atoms with E-state index in [1.807, 2.05) is 0 Å². The van der Waals surface area contributed by atoms with Crippen molar-refractivity contribution in [3.05, 3.63) is 13.1 Å². The Balaban J connectivity index is 3.21. The minimum Gasteiger partial charge on any atom is -0.494 e. The minimum absolute atomic E-state index is 0.0572. The van der Waals surface area contributed by atoms with Gasteiger partial charge in [0.15, 0.2) is 5.75 Å². The number of thiophene rings is 1. The highest BCUT2D eigenvalue weighted by molar-refractivity contribution is 9.13. The van der Waals surface area contributed by atoms with E-state index in [0.717, 1.165) is 8.26 Å². The summed E-state index contributed by atoms with van der Waals surface area (Å²) in [4.78, 5) is 13.8. The summed E-state index contributed by atoms with van der Waals surface area (Å²) in [5, 5.41) is 0. The Morgan fingerprint density at radius 3 is 2.43 bits per heavy atom. The molecule has 14 heavy (non-hydrogen) atoms. The van der Waals surface area contributed by atoms with Gasteiger partial charge in [-0.3, -0.25) is 4.79 Å². The number of amides is 1. The van der Waals surface area contributed by atoms with Crippen LogP contribution in [0.15, 0.2) is 8.26 Å². The number of nitrogens with zero attached hydrogens (tertiary/aromatic N) is 1. The zero-order valence-electron chi connectivity index (χ0n) is 7.93. The fourth-order valence-electron chi connectivity index (χ4n) is 0.896. The normalized spacial score (nSPS) is 10.1. The lowest BCUT2D eigenvalue weighted by Crippen LogP contribution is -2.21. The third kappa shape index (κ3) is 2.12. The summed E-state index contributed by atoms with van der Waals surface area (Å²) in [7, 11) is 4.97. The quantitative estimate of drug-likeness (QED) is 0.826. The molecule has 3 nitrogen and oxygen atoms in total. The van der Waals surface area contributed by atoms with Gasteiger partial charge in [-0.15, -0.1) is 11.3 Å². The average Bonchev–Trinajstić information content (AvgIpc) is 2.41. The molecule has 0 atom stereocenters. The third-order valence-corrected chi connectivity index (χ3v) is 4.96. The minimum atomic E-state index is -0.0572. The second-order valence-corrected chi connectivity index (χ2v) is 5.88. The standard InChI is InChI=1S/C8H9Br2NO2S/c1-11(2)8(12)6-5(13-3)4(9)7(10)14-6/h1-3H3. The molecule has 1 aromatic rings. The average molecular weight is 343 g/mol.